The van der Waals surface area contributed by atoms with Crippen LogP contribution in [-0.2, 0) is 4.74 Å². The van der Waals surface area contributed by atoms with Gasteiger partial charge in [-0.3, -0.25) is 4.79 Å². The minimum atomic E-state index is -0.215. The summed E-state index contributed by atoms with van der Waals surface area (Å²) in [7, 11) is 1.55. The van der Waals surface area contributed by atoms with Gasteiger partial charge in [0.25, 0.3) is 5.91 Å². The van der Waals surface area contributed by atoms with Crippen LogP contribution in [0.1, 0.15) is 30.1 Å². The Morgan fingerprint density at radius 3 is 2.68 bits per heavy atom. The second kappa shape index (κ2) is 5.48. The van der Waals surface area contributed by atoms with Gasteiger partial charge in [0, 0.05) is 36.1 Å². The fraction of sp³-hybridized carbons (Fsp3) is 0.500. The van der Waals surface area contributed by atoms with Crippen LogP contribution >= 0.6 is 0 Å². The van der Waals surface area contributed by atoms with Crippen molar-refractivity contribution in [3.8, 4) is 5.75 Å². The van der Waals surface area contributed by atoms with Crippen LogP contribution in [0.15, 0.2) is 18.2 Å². The van der Waals surface area contributed by atoms with Gasteiger partial charge in [0.2, 0.25) is 0 Å². The van der Waals surface area contributed by atoms with Gasteiger partial charge in [-0.05, 0) is 31.9 Å². The molecule has 5 nitrogen and oxygen atoms in total. The molecule has 0 bridgehead atoms. The van der Waals surface area contributed by atoms with Crippen LogP contribution in [0, 0.1) is 0 Å². The number of nitrogens with two attached hydrogens (primary N) is 1. The Kier molecular flexibility index (Phi) is 3.95. The lowest BCUT2D eigenvalue weighted by molar-refractivity contribution is 0.0423. The third kappa shape index (κ3) is 3.38. The second-order valence-corrected chi connectivity index (χ2v) is 5.12. The molecule has 1 aromatic carbocycles. The van der Waals surface area contributed by atoms with E-state index in [2.05, 4.69) is 5.32 Å². The summed E-state index contributed by atoms with van der Waals surface area (Å²) >= 11 is 0. The molecule has 1 amide bonds. The molecule has 0 aliphatic carbocycles. The maximum Gasteiger partial charge on any atom is 0.251 e. The van der Waals surface area contributed by atoms with E-state index in [9.17, 15) is 4.79 Å². The highest BCUT2D eigenvalue weighted by Crippen LogP contribution is 2.22. The lowest BCUT2D eigenvalue weighted by Gasteiger charge is -2.34. The summed E-state index contributed by atoms with van der Waals surface area (Å²) in [6.07, 6.45) is 1.64. The predicted octanol–water partition coefficient (Wildman–Crippen LogP) is 1.58. The van der Waals surface area contributed by atoms with E-state index in [0.717, 1.165) is 12.8 Å². The lowest BCUT2D eigenvalue weighted by atomic mass is 9.92. The molecule has 3 N–H and O–H groups in total. The van der Waals surface area contributed by atoms with Crippen molar-refractivity contribution in [1.82, 2.24) is 5.32 Å². The summed E-state index contributed by atoms with van der Waals surface area (Å²) in [6, 6.07) is 5.03. The smallest absolute Gasteiger partial charge is 0.251 e. The highest BCUT2D eigenvalue weighted by Gasteiger charge is 2.29. The monoisotopic (exact) mass is 264 g/mol. The average Bonchev–Trinajstić information content (AvgIpc) is 2.38. The van der Waals surface area contributed by atoms with Crippen LogP contribution in [0.4, 0.5) is 5.69 Å². The van der Waals surface area contributed by atoms with Gasteiger partial charge >= 0.3 is 0 Å². The van der Waals surface area contributed by atoms with Crippen LogP contribution in [0.2, 0.25) is 0 Å². The minimum Gasteiger partial charge on any atom is -0.497 e. The zero-order valence-corrected chi connectivity index (χ0v) is 11.4. The fourth-order valence-corrected chi connectivity index (χ4v) is 2.16. The molecule has 1 saturated heterocycles. The number of carbonyl (C=O) groups is 1. The highest BCUT2D eigenvalue weighted by atomic mass is 16.5. The number of carbonyl (C=O) groups excluding carboxylic acids is 1. The summed E-state index contributed by atoms with van der Waals surface area (Å²) in [4.78, 5) is 12.3. The van der Waals surface area contributed by atoms with E-state index in [1.54, 1.807) is 25.3 Å². The molecule has 0 spiro atoms. The lowest BCUT2D eigenvalue weighted by Crippen LogP contribution is -2.49. The van der Waals surface area contributed by atoms with E-state index in [1.807, 2.05) is 6.92 Å². The molecule has 0 aromatic heterocycles. The van der Waals surface area contributed by atoms with Crippen molar-refractivity contribution < 1.29 is 14.3 Å². The number of nitrogen functional groups attached to an aromatic ring is 1. The normalized spacial score (nSPS) is 17.8. The standard InChI is InChI=1S/C14H20N2O3/c1-14(3-5-19-6-4-14)16-13(17)10-7-11(15)9-12(8-10)18-2/h7-9H,3-6,15H2,1-2H3,(H,16,17). The SMILES string of the molecule is COc1cc(N)cc(C(=O)NC2(C)CCOCC2)c1. The third-order valence-electron chi connectivity index (χ3n) is 3.44. The molecular formula is C14H20N2O3. The number of nitrogens with one attached hydrogen (secondary N) is 1. The summed E-state index contributed by atoms with van der Waals surface area (Å²) in [5.41, 5.74) is 6.58. The molecule has 0 unspecified atom stereocenters. The first kappa shape index (κ1) is 13.7. The zero-order chi connectivity index (χ0) is 13.9. The Balaban J connectivity index is 2.13. The number of anilines is 1. The Morgan fingerprint density at radius 2 is 2.05 bits per heavy atom. The van der Waals surface area contributed by atoms with Gasteiger partial charge in [0.1, 0.15) is 5.75 Å². The molecule has 1 aliphatic heterocycles. The van der Waals surface area contributed by atoms with Gasteiger partial charge in [0.15, 0.2) is 0 Å². The minimum absolute atomic E-state index is 0.130. The summed E-state index contributed by atoms with van der Waals surface area (Å²) < 4.78 is 10.4. The molecule has 2 rings (SSSR count). The molecule has 19 heavy (non-hydrogen) atoms. The van der Waals surface area contributed by atoms with Crippen molar-refractivity contribution in [2.75, 3.05) is 26.1 Å². The topological polar surface area (TPSA) is 73.6 Å². The van der Waals surface area contributed by atoms with E-state index in [-0.39, 0.29) is 11.4 Å². The second-order valence-electron chi connectivity index (χ2n) is 5.12. The molecular weight excluding hydrogens is 244 g/mol. The number of hydrogen-bond donors (Lipinski definition) is 2. The van der Waals surface area contributed by atoms with Crippen molar-refractivity contribution in [1.29, 1.82) is 0 Å². The van der Waals surface area contributed by atoms with E-state index in [0.29, 0.717) is 30.2 Å². The Bertz CT molecular complexity index is 468. The molecule has 0 radical (unpaired) electrons. The molecule has 0 atom stereocenters. The number of ether oxygens (including phenoxy) is 2. The van der Waals surface area contributed by atoms with Crippen molar-refractivity contribution >= 4 is 11.6 Å². The number of benzene rings is 1. The maximum atomic E-state index is 12.3. The third-order valence-corrected chi connectivity index (χ3v) is 3.44. The van der Waals surface area contributed by atoms with Crippen LogP contribution in [0.5, 0.6) is 5.75 Å². The molecule has 1 aliphatic rings. The first-order valence-electron chi connectivity index (χ1n) is 6.37. The van der Waals surface area contributed by atoms with Gasteiger partial charge in [-0.1, -0.05) is 0 Å². The summed E-state index contributed by atoms with van der Waals surface area (Å²) in [6.45, 7) is 3.39. The average molecular weight is 264 g/mol. The number of methoxy groups -OCH3 is 1. The number of amides is 1. The quantitative estimate of drug-likeness (QED) is 0.813. The number of rotatable bonds is 3. The van der Waals surface area contributed by atoms with E-state index in [1.165, 1.54) is 0 Å². The van der Waals surface area contributed by atoms with Crippen LogP contribution in [0.3, 0.4) is 0 Å². The van der Waals surface area contributed by atoms with Crippen LogP contribution in [0.25, 0.3) is 0 Å². The Hall–Kier alpha value is -1.75. The fourth-order valence-electron chi connectivity index (χ4n) is 2.16. The van der Waals surface area contributed by atoms with E-state index in [4.69, 9.17) is 15.2 Å². The Morgan fingerprint density at radius 1 is 1.37 bits per heavy atom. The van der Waals surface area contributed by atoms with E-state index >= 15 is 0 Å². The van der Waals surface area contributed by atoms with Crippen molar-refractivity contribution in [2.45, 2.75) is 25.3 Å². The summed E-state index contributed by atoms with van der Waals surface area (Å²) in [5.74, 6) is 0.456. The van der Waals surface area contributed by atoms with E-state index < -0.39 is 0 Å². The maximum absolute atomic E-state index is 12.3. The van der Waals surface area contributed by atoms with Crippen molar-refractivity contribution in [3.05, 3.63) is 23.8 Å². The van der Waals surface area contributed by atoms with Crippen LogP contribution in [-0.4, -0.2) is 31.8 Å². The van der Waals surface area contributed by atoms with Crippen LogP contribution < -0.4 is 15.8 Å². The van der Waals surface area contributed by atoms with Gasteiger partial charge < -0.3 is 20.5 Å². The van der Waals surface area contributed by atoms with Gasteiger partial charge in [-0.25, -0.2) is 0 Å². The van der Waals surface area contributed by atoms with Gasteiger partial charge in [-0.15, -0.1) is 0 Å². The van der Waals surface area contributed by atoms with Gasteiger partial charge in [-0.2, -0.15) is 0 Å². The van der Waals surface area contributed by atoms with Gasteiger partial charge in [0.05, 0.1) is 7.11 Å². The first-order chi connectivity index (χ1) is 9.02. The van der Waals surface area contributed by atoms with Crippen molar-refractivity contribution in [3.63, 3.8) is 0 Å². The first-order valence-corrected chi connectivity index (χ1v) is 6.37. The molecule has 104 valence electrons. The Labute approximate surface area is 113 Å². The zero-order valence-electron chi connectivity index (χ0n) is 11.4. The summed E-state index contributed by atoms with van der Waals surface area (Å²) in [5, 5.41) is 3.06. The molecule has 1 aromatic rings. The molecule has 5 heteroatoms. The molecule has 0 saturated carbocycles. The largest absolute Gasteiger partial charge is 0.497 e. The highest BCUT2D eigenvalue weighted by molar-refractivity contribution is 5.96. The van der Waals surface area contributed by atoms with Crippen molar-refractivity contribution in [2.24, 2.45) is 0 Å². The number of hydrogen-bond acceptors (Lipinski definition) is 4. The molecule has 1 heterocycles. The molecule has 1 fully saturated rings. The predicted molar refractivity (Wildman–Crippen MR) is 73.3 cm³/mol.